The lowest BCUT2D eigenvalue weighted by atomic mass is 9.91. The molecular formula is C31H31F2N5O2. The molecular weight excluding hydrogens is 512 g/mol. The topological polar surface area (TPSA) is 108 Å². The van der Waals surface area contributed by atoms with Gasteiger partial charge in [-0.1, -0.05) is 26.0 Å². The first-order chi connectivity index (χ1) is 19.2. The quantitative estimate of drug-likeness (QED) is 0.331. The Bertz CT molecular complexity index is 1640. The summed E-state index contributed by atoms with van der Waals surface area (Å²) in [6.45, 7) is 5.02. The monoisotopic (exact) mass is 543 g/mol. The summed E-state index contributed by atoms with van der Waals surface area (Å²) < 4.78 is 32.1. The van der Waals surface area contributed by atoms with E-state index in [0.29, 0.717) is 65.5 Å². The molecule has 7 nitrogen and oxygen atoms in total. The maximum atomic E-state index is 15.8. The van der Waals surface area contributed by atoms with E-state index in [0.717, 1.165) is 0 Å². The minimum Gasteiger partial charge on any atom is -0.388 e. The number of fused-ring (bicyclic) bond motifs is 1. The van der Waals surface area contributed by atoms with Crippen LogP contribution in [0.4, 0.5) is 8.78 Å². The maximum absolute atomic E-state index is 15.8. The third kappa shape index (κ3) is 5.08. The highest BCUT2D eigenvalue weighted by molar-refractivity contribution is 5.98. The van der Waals surface area contributed by atoms with E-state index >= 15 is 4.39 Å². The van der Waals surface area contributed by atoms with Crippen LogP contribution in [0.15, 0.2) is 54.7 Å². The van der Waals surface area contributed by atoms with E-state index in [4.69, 9.17) is 5.73 Å². The minimum atomic E-state index is -0.956. The van der Waals surface area contributed by atoms with Crippen molar-refractivity contribution < 1.29 is 18.7 Å². The van der Waals surface area contributed by atoms with E-state index in [1.807, 2.05) is 19.9 Å². The maximum Gasteiger partial charge on any atom is 0.253 e. The van der Waals surface area contributed by atoms with Crippen molar-refractivity contribution in [3.05, 3.63) is 77.5 Å². The number of likely N-dealkylation sites (tertiary alicyclic amines) is 1. The molecule has 1 aromatic heterocycles. The number of nitriles is 1. The molecule has 3 aromatic carbocycles. The van der Waals surface area contributed by atoms with Crippen molar-refractivity contribution in [3.8, 4) is 28.3 Å². The normalized spacial score (nSPS) is 15.5. The number of carbonyl (C=O) groups is 1. The summed E-state index contributed by atoms with van der Waals surface area (Å²) in [5.41, 5.74) is 7.44. The Kier molecular flexibility index (Phi) is 7.41. The zero-order chi connectivity index (χ0) is 28.6. The first-order valence-electron chi connectivity index (χ1n) is 13.4. The first-order valence-corrected chi connectivity index (χ1v) is 13.4. The molecule has 1 saturated heterocycles. The zero-order valence-corrected chi connectivity index (χ0v) is 22.5. The van der Waals surface area contributed by atoms with Gasteiger partial charge in [0.1, 0.15) is 17.7 Å². The molecule has 0 bridgehead atoms. The number of rotatable bonds is 7. The van der Waals surface area contributed by atoms with Gasteiger partial charge < -0.3 is 15.7 Å². The Labute approximate surface area is 231 Å². The SMILES string of the molecule is CCC(O)(CC)Cn1ncc2cc(-c3ccc(C(=O)N4CCC(N)C4)cc3-c3ccc(C#N)c(F)c3)c(F)cc21. The highest BCUT2D eigenvalue weighted by Gasteiger charge is 2.27. The van der Waals surface area contributed by atoms with Crippen molar-refractivity contribution >= 4 is 16.8 Å². The number of halogens is 2. The molecule has 0 radical (unpaired) electrons. The summed E-state index contributed by atoms with van der Waals surface area (Å²) in [5.74, 6) is -1.43. The molecule has 0 aliphatic carbocycles. The van der Waals surface area contributed by atoms with Crippen LogP contribution in [-0.4, -0.2) is 50.4 Å². The number of aromatic nitrogens is 2. The Morgan fingerprint density at radius 1 is 1.10 bits per heavy atom. The Balaban J connectivity index is 1.63. The predicted molar refractivity (Wildman–Crippen MR) is 149 cm³/mol. The second-order valence-corrected chi connectivity index (χ2v) is 10.5. The molecule has 206 valence electrons. The second-order valence-electron chi connectivity index (χ2n) is 10.5. The fourth-order valence-electron chi connectivity index (χ4n) is 5.26. The van der Waals surface area contributed by atoms with E-state index in [1.54, 1.807) is 46.1 Å². The van der Waals surface area contributed by atoms with Crippen molar-refractivity contribution in [2.75, 3.05) is 13.1 Å². The summed E-state index contributed by atoms with van der Waals surface area (Å²) in [7, 11) is 0. The van der Waals surface area contributed by atoms with Gasteiger partial charge in [-0.05, 0) is 66.3 Å². The highest BCUT2D eigenvalue weighted by Crippen LogP contribution is 2.37. The van der Waals surface area contributed by atoms with Crippen molar-refractivity contribution in [2.45, 2.75) is 51.3 Å². The number of nitrogens with two attached hydrogens (primary N) is 1. The minimum absolute atomic E-state index is 0.0808. The lowest BCUT2D eigenvalue weighted by Crippen LogP contribution is -2.32. The van der Waals surface area contributed by atoms with Crippen LogP contribution < -0.4 is 5.73 Å². The van der Waals surface area contributed by atoms with Crippen LogP contribution in [-0.2, 0) is 6.54 Å². The van der Waals surface area contributed by atoms with Gasteiger partial charge in [0.25, 0.3) is 5.91 Å². The van der Waals surface area contributed by atoms with Crippen LogP contribution in [0.2, 0.25) is 0 Å². The molecule has 9 heteroatoms. The third-order valence-electron chi connectivity index (χ3n) is 7.96. The van der Waals surface area contributed by atoms with Crippen molar-refractivity contribution in [3.63, 3.8) is 0 Å². The molecule has 1 amide bonds. The number of benzene rings is 3. The molecule has 40 heavy (non-hydrogen) atoms. The summed E-state index contributed by atoms with van der Waals surface area (Å²) in [4.78, 5) is 14.9. The van der Waals surface area contributed by atoms with Gasteiger partial charge in [0.05, 0.1) is 29.4 Å². The summed E-state index contributed by atoms with van der Waals surface area (Å²) in [6.07, 6.45) is 3.40. The lowest BCUT2D eigenvalue weighted by molar-refractivity contribution is 0.0130. The van der Waals surface area contributed by atoms with E-state index in [9.17, 15) is 19.6 Å². The summed E-state index contributed by atoms with van der Waals surface area (Å²) in [6, 6.07) is 13.9. The van der Waals surface area contributed by atoms with Crippen LogP contribution in [0.1, 0.15) is 49.0 Å². The predicted octanol–water partition coefficient (Wildman–Crippen LogP) is 5.24. The van der Waals surface area contributed by atoms with Crippen LogP contribution in [0, 0.1) is 23.0 Å². The van der Waals surface area contributed by atoms with Crippen molar-refractivity contribution in [1.29, 1.82) is 5.26 Å². The lowest BCUT2D eigenvalue weighted by Gasteiger charge is -2.25. The first kappa shape index (κ1) is 27.4. The molecule has 1 aliphatic heterocycles. The number of nitrogens with zero attached hydrogens (tertiary/aromatic N) is 4. The largest absolute Gasteiger partial charge is 0.388 e. The molecule has 4 aromatic rings. The highest BCUT2D eigenvalue weighted by atomic mass is 19.1. The van der Waals surface area contributed by atoms with E-state index in [1.165, 1.54) is 18.2 Å². The Hall–Kier alpha value is -4.13. The van der Waals surface area contributed by atoms with E-state index < -0.39 is 17.2 Å². The molecule has 1 atom stereocenters. The molecule has 0 saturated carbocycles. The van der Waals surface area contributed by atoms with E-state index in [2.05, 4.69) is 5.10 Å². The number of carbonyl (C=O) groups excluding carboxylic acids is 1. The Morgan fingerprint density at radius 3 is 2.52 bits per heavy atom. The number of hydrogen-bond donors (Lipinski definition) is 2. The average molecular weight is 544 g/mol. The van der Waals surface area contributed by atoms with Gasteiger partial charge in [0.15, 0.2) is 0 Å². The van der Waals surface area contributed by atoms with Crippen LogP contribution in [0.25, 0.3) is 33.2 Å². The third-order valence-corrected chi connectivity index (χ3v) is 7.96. The van der Waals surface area contributed by atoms with Gasteiger partial charge in [-0.2, -0.15) is 10.4 Å². The van der Waals surface area contributed by atoms with Crippen molar-refractivity contribution in [2.24, 2.45) is 5.73 Å². The van der Waals surface area contributed by atoms with Crippen LogP contribution in [0.3, 0.4) is 0 Å². The summed E-state index contributed by atoms with van der Waals surface area (Å²) in [5, 5.41) is 25.1. The Morgan fingerprint density at radius 2 is 1.88 bits per heavy atom. The van der Waals surface area contributed by atoms with Gasteiger partial charge in [-0.25, -0.2) is 8.78 Å². The van der Waals surface area contributed by atoms with Gasteiger partial charge in [0.2, 0.25) is 0 Å². The number of amides is 1. The number of hydrogen-bond acceptors (Lipinski definition) is 5. The fraction of sp³-hybridized carbons (Fsp3) is 0.323. The standard InChI is InChI=1S/C31H31F2N5O2/c1-3-31(40,4-2)18-38-29-14-28(33)26(12-22(29)16-36-38)24-8-7-20(30(39)37-10-9-23(35)17-37)11-25(24)19-5-6-21(15-34)27(32)13-19/h5-8,11-14,16,23,40H,3-4,9-10,17-18,35H2,1-2H3. The van der Waals surface area contributed by atoms with E-state index in [-0.39, 0.29) is 29.6 Å². The van der Waals surface area contributed by atoms with Crippen LogP contribution in [0.5, 0.6) is 0 Å². The molecule has 2 heterocycles. The summed E-state index contributed by atoms with van der Waals surface area (Å²) >= 11 is 0. The van der Waals surface area contributed by atoms with Crippen molar-refractivity contribution in [1.82, 2.24) is 14.7 Å². The molecule has 0 spiro atoms. The fourth-order valence-corrected chi connectivity index (χ4v) is 5.26. The van der Waals surface area contributed by atoms with Crippen LogP contribution >= 0.6 is 0 Å². The van der Waals surface area contributed by atoms with Gasteiger partial charge in [-0.3, -0.25) is 9.48 Å². The number of aliphatic hydroxyl groups is 1. The second kappa shape index (κ2) is 10.8. The molecule has 1 fully saturated rings. The smallest absolute Gasteiger partial charge is 0.253 e. The van der Waals surface area contributed by atoms with Gasteiger partial charge >= 0.3 is 0 Å². The molecule has 1 aliphatic rings. The van der Waals surface area contributed by atoms with Gasteiger partial charge in [0, 0.05) is 41.7 Å². The molecule has 1 unspecified atom stereocenters. The molecule has 5 rings (SSSR count). The van der Waals surface area contributed by atoms with Gasteiger partial charge in [-0.15, -0.1) is 0 Å². The zero-order valence-electron chi connectivity index (χ0n) is 22.5. The average Bonchev–Trinajstić information content (AvgIpc) is 3.57. The molecule has 3 N–H and O–H groups in total.